The number of amides is 1. The molecule has 0 aliphatic rings. The van der Waals surface area contributed by atoms with Gasteiger partial charge in [0.1, 0.15) is 6.29 Å². The lowest BCUT2D eigenvalue weighted by Gasteiger charge is -2.33. The smallest absolute Gasteiger partial charge is 0.220 e. The van der Waals surface area contributed by atoms with E-state index in [2.05, 4.69) is 38.3 Å². The molecule has 0 aliphatic carbocycles. The molecule has 6 nitrogen and oxygen atoms in total. The van der Waals surface area contributed by atoms with Crippen molar-refractivity contribution < 1.29 is 19.1 Å². The van der Waals surface area contributed by atoms with Crippen molar-refractivity contribution in [1.82, 2.24) is 10.6 Å². The minimum atomic E-state index is -0.667. The van der Waals surface area contributed by atoms with Gasteiger partial charge in [0.05, 0.1) is 13.2 Å². The highest BCUT2D eigenvalue weighted by Crippen LogP contribution is 2.37. The molecule has 0 spiro atoms. The molecule has 2 N–H and O–H groups in total. The third-order valence-electron chi connectivity index (χ3n) is 3.91. The largest absolute Gasteiger partial charge is 0.354 e. The van der Waals surface area contributed by atoms with Crippen LogP contribution in [0.1, 0.15) is 74.7 Å². The van der Waals surface area contributed by atoms with Gasteiger partial charge in [-0.1, -0.05) is 41.5 Å². The van der Waals surface area contributed by atoms with Crippen LogP contribution in [-0.4, -0.2) is 51.3 Å². The Hall–Kier alpha value is -0.980. The summed E-state index contributed by atoms with van der Waals surface area (Å²) in [4.78, 5) is 22.9. The predicted octanol–water partition coefficient (Wildman–Crippen LogP) is 3.54. The number of hydrogen-bond donors (Lipinski definition) is 2. The summed E-state index contributed by atoms with van der Waals surface area (Å²) >= 11 is 0. The van der Waals surface area contributed by atoms with Gasteiger partial charge < -0.3 is 24.9 Å². The number of likely N-dealkylation sites (N-methyl/N-ethyl adjacent to an activating group) is 1. The average Bonchev–Trinajstić information content (AvgIpc) is 2.52. The molecule has 0 heterocycles. The van der Waals surface area contributed by atoms with Crippen LogP contribution in [0.5, 0.6) is 0 Å². The van der Waals surface area contributed by atoms with Gasteiger partial charge in [-0.3, -0.25) is 4.79 Å². The molecule has 162 valence electrons. The van der Waals surface area contributed by atoms with Crippen LogP contribution >= 0.6 is 0 Å². The first-order chi connectivity index (χ1) is 12.4. The van der Waals surface area contributed by atoms with Gasteiger partial charge in [-0.25, -0.2) is 0 Å². The number of rotatable bonds is 14. The minimum Gasteiger partial charge on any atom is -0.354 e. The lowest BCUT2D eigenvalue weighted by atomic mass is 9.72. The SMILES string of the molecule is CC.CNCCOC(C)(C)OCCNC(=O)CC(C)(C)CC(C)(C)CC=O. The first kappa shape index (κ1) is 28.2. The van der Waals surface area contributed by atoms with Gasteiger partial charge in [-0.05, 0) is 38.1 Å². The van der Waals surface area contributed by atoms with Crippen LogP contribution in [0.4, 0.5) is 0 Å². The summed E-state index contributed by atoms with van der Waals surface area (Å²) in [5.41, 5.74) is -0.254. The quantitative estimate of drug-likeness (QED) is 0.270. The summed E-state index contributed by atoms with van der Waals surface area (Å²) < 4.78 is 11.3. The number of aldehydes is 1. The molecular weight excluding hydrogens is 344 g/mol. The van der Waals surface area contributed by atoms with Crippen molar-refractivity contribution in [3.63, 3.8) is 0 Å². The standard InChI is InChI=1S/C19H38N2O4.C2H6/c1-17(2,8-11-22)15-18(3,4)14-16(23)21-10-13-25-19(5,6)24-12-9-20-7;1-2/h11,20H,8-10,12-15H2,1-7H3,(H,21,23);1-2H3. The van der Waals surface area contributed by atoms with Crippen molar-refractivity contribution in [1.29, 1.82) is 0 Å². The van der Waals surface area contributed by atoms with Crippen LogP contribution in [0.3, 0.4) is 0 Å². The molecule has 0 fully saturated rings. The molecule has 0 unspecified atom stereocenters. The molecule has 0 saturated heterocycles. The lowest BCUT2D eigenvalue weighted by Crippen LogP contribution is -2.37. The van der Waals surface area contributed by atoms with Gasteiger partial charge >= 0.3 is 0 Å². The Morgan fingerprint density at radius 1 is 0.926 bits per heavy atom. The third kappa shape index (κ3) is 16.9. The Bertz CT molecular complexity index is 407. The van der Waals surface area contributed by atoms with E-state index in [1.54, 1.807) is 0 Å². The van der Waals surface area contributed by atoms with E-state index in [1.807, 2.05) is 34.7 Å². The van der Waals surface area contributed by atoms with E-state index in [4.69, 9.17) is 9.47 Å². The summed E-state index contributed by atoms with van der Waals surface area (Å²) in [5.74, 6) is -0.663. The number of hydrogen-bond acceptors (Lipinski definition) is 5. The van der Waals surface area contributed by atoms with E-state index in [9.17, 15) is 9.59 Å². The fourth-order valence-electron chi connectivity index (χ4n) is 3.08. The second-order valence-corrected chi connectivity index (χ2v) is 8.60. The van der Waals surface area contributed by atoms with Crippen molar-refractivity contribution in [2.75, 3.05) is 33.4 Å². The first-order valence-electron chi connectivity index (χ1n) is 10.1. The maximum absolute atomic E-state index is 12.2. The molecule has 1 amide bonds. The van der Waals surface area contributed by atoms with Gasteiger partial charge in [0.15, 0.2) is 5.79 Å². The van der Waals surface area contributed by atoms with Crippen molar-refractivity contribution in [3.8, 4) is 0 Å². The number of carbonyl (C=O) groups excluding carboxylic acids is 2. The Morgan fingerprint density at radius 3 is 1.93 bits per heavy atom. The highest BCUT2D eigenvalue weighted by atomic mass is 16.7. The van der Waals surface area contributed by atoms with E-state index >= 15 is 0 Å². The van der Waals surface area contributed by atoms with Gasteiger partial charge in [0.25, 0.3) is 0 Å². The zero-order valence-electron chi connectivity index (χ0n) is 19.2. The molecule has 0 radical (unpaired) electrons. The Morgan fingerprint density at radius 2 is 1.44 bits per heavy atom. The summed E-state index contributed by atoms with van der Waals surface area (Å²) in [6.45, 7) is 18.2. The van der Waals surface area contributed by atoms with Crippen LogP contribution in [0.15, 0.2) is 0 Å². The summed E-state index contributed by atoms with van der Waals surface area (Å²) in [7, 11) is 1.87. The van der Waals surface area contributed by atoms with Gasteiger partial charge in [0.2, 0.25) is 5.91 Å². The van der Waals surface area contributed by atoms with Crippen molar-refractivity contribution in [3.05, 3.63) is 0 Å². The maximum Gasteiger partial charge on any atom is 0.220 e. The van der Waals surface area contributed by atoms with E-state index < -0.39 is 5.79 Å². The van der Waals surface area contributed by atoms with Crippen molar-refractivity contribution >= 4 is 12.2 Å². The molecule has 0 aromatic carbocycles. The first-order valence-corrected chi connectivity index (χ1v) is 10.1. The summed E-state index contributed by atoms with van der Waals surface area (Å²) in [5, 5.41) is 5.91. The molecule has 27 heavy (non-hydrogen) atoms. The third-order valence-corrected chi connectivity index (χ3v) is 3.91. The molecule has 0 rings (SSSR count). The molecule has 6 heteroatoms. The molecule has 0 aromatic heterocycles. The second kappa shape index (κ2) is 14.1. The second-order valence-electron chi connectivity index (χ2n) is 8.60. The molecular formula is C21H44N2O4. The van der Waals surface area contributed by atoms with Crippen LogP contribution in [0, 0.1) is 10.8 Å². The molecule has 0 saturated carbocycles. The van der Waals surface area contributed by atoms with Crippen LogP contribution in [-0.2, 0) is 19.1 Å². The maximum atomic E-state index is 12.2. The van der Waals surface area contributed by atoms with E-state index in [0.717, 1.165) is 19.3 Å². The van der Waals surface area contributed by atoms with E-state index in [-0.39, 0.29) is 16.7 Å². The highest BCUT2D eigenvalue weighted by molar-refractivity contribution is 5.76. The van der Waals surface area contributed by atoms with Crippen LogP contribution in [0.2, 0.25) is 0 Å². The molecule has 0 bridgehead atoms. The Kier molecular flexibility index (Phi) is 14.7. The minimum absolute atomic E-state index is 0.00408. The van der Waals surface area contributed by atoms with Gasteiger partial charge in [0, 0.05) is 25.9 Å². The molecule has 0 aliphatic heterocycles. The summed E-state index contributed by atoms with van der Waals surface area (Å²) in [6.07, 6.45) is 2.70. The summed E-state index contributed by atoms with van der Waals surface area (Å²) in [6, 6.07) is 0. The van der Waals surface area contributed by atoms with Crippen LogP contribution in [0.25, 0.3) is 0 Å². The van der Waals surface area contributed by atoms with Crippen LogP contribution < -0.4 is 10.6 Å². The van der Waals surface area contributed by atoms with Crippen molar-refractivity contribution in [2.24, 2.45) is 10.8 Å². The lowest BCUT2D eigenvalue weighted by molar-refractivity contribution is -0.211. The zero-order valence-corrected chi connectivity index (χ0v) is 19.2. The molecule has 0 atom stereocenters. The highest BCUT2D eigenvalue weighted by Gasteiger charge is 2.30. The van der Waals surface area contributed by atoms with Gasteiger partial charge in [-0.15, -0.1) is 0 Å². The Labute approximate surface area is 167 Å². The van der Waals surface area contributed by atoms with Crippen molar-refractivity contribution in [2.45, 2.75) is 80.4 Å². The van der Waals surface area contributed by atoms with E-state index in [0.29, 0.717) is 32.6 Å². The normalized spacial score (nSPS) is 12.2. The van der Waals surface area contributed by atoms with E-state index in [1.165, 1.54) is 0 Å². The monoisotopic (exact) mass is 388 g/mol. The average molecular weight is 389 g/mol. The fourth-order valence-corrected chi connectivity index (χ4v) is 3.08. The number of ether oxygens (including phenoxy) is 2. The van der Waals surface area contributed by atoms with Gasteiger partial charge in [-0.2, -0.15) is 0 Å². The topological polar surface area (TPSA) is 76.7 Å². The molecule has 0 aromatic rings. The number of carbonyl (C=O) groups is 2. The number of nitrogens with one attached hydrogen (secondary N) is 2. The predicted molar refractivity (Wildman–Crippen MR) is 112 cm³/mol. The zero-order chi connectivity index (χ0) is 21.6. The fraction of sp³-hybridized carbons (Fsp3) is 0.905. The Balaban J connectivity index is 0.